The van der Waals surface area contributed by atoms with Crippen molar-refractivity contribution in [2.24, 2.45) is 0 Å². The molecule has 0 aliphatic rings. The molecule has 1 aromatic heterocycles. The minimum absolute atomic E-state index is 0.205. The van der Waals surface area contributed by atoms with Crippen LogP contribution in [-0.4, -0.2) is 43.6 Å². The van der Waals surface area contributed by atoms with Gasteiger partial charge in [0.15, 0.2) is 0 Å². The molecule has 0 saturated carbocycles. The second kappa shape index (κ2) is 10.6. The van der Waals surface area contributed by atoms with Gasteiger partial charge in [0.2, 0.25) is 0 Å². The number of methoxy groups -OCH3 is 3. The van der Waals surface area contributed by atoms with Crippen molar-refractivity contribution in [3.8, 4) is 34.2 Å². The van der Waals surface area contributed by atoms with E-state index in [1.165, 1.54) is 0 Å². The average Bonchev–Trinajstić information content (AvgIpc) is 3.34. The highest BCUT2D eigenvalue weighted by molar-refractivity contribution is 6.00. The fourth-order valence-electron chi connectivity index (χ4n) is 3.65. The van der Waals surface area contributed by atoms with Crippen molar-refractivity contribution in [1.29, 1.82) is 0 Å². The maximum absolute atomic E-state index is 13.2. The molecule has 0 atom stereocenters. The van der Waals surface area contributed by atoms with Crippen LogP contribution in [0.25, 0.3) is 16.9 Å². The van der Waals surface area contributed by atoms with Crippen molar-refractivity contribution < 1.29 is 19.0 Å². The van der Waals surface area contributed by atoms with E-state index in [0.29, 0.717) is 41.3 Å². The zero-order chi connectivity index (χ0) is 23.9. The number of nitrogens with zero attached hydrogens (tertiary/aromatic N) is 2. The number of ether oxygens (including phenoxy) is 3. The quantitative estimate of drug-likeness (QED) is 0.400. The van der Waals surface area contributed by atoms with Crippen LogP contribution in [0.4, 0.5) is 0 Å². The highest BCUT2D eigenvalue weighted by atomic mass is 16.5. The lowest BCUT2D eigenvalue weighted by Crippen LogP contribution is -2.25. The van der Waals surface area contributed by atoms with E-state index in [1.807, 2.05) is 66.7 Å². The van der Waals surface area contributed by atoms with E-state index in [4.69, 9.17) is 19.3 Å². The van der Waals surface area contributed by atoms with E-state index < -0.39 is 0 Å². The third kappa shape index (κ3) is 5.04. The van der Waals surface area contributed by atoms with Crippen molar-refractivity contribution >= 4 is 5.91 Å². The zero-order valence-electron chi connectivity index (χ0n) is 19.4. The highest BCUT2D eigenvalue weighted by Crippen LogP contribution is 2.34. The van der Waals surface area contributed by atoms with Crippen LogP contribution < -0.4 is 19.5 Å². The summed E-state index contributed by atoms with van der Waals surface area (Å²) >= 11 is 0. The minimum Gasteiger partial charge on any atom is -0.497 e. The molecule has 1 heterocycles. The summed E-state index contributed by atoms with van der Waals surface area (Å²) in [6.45, 7) is 0.487. The molecule has 0 aliphatic heterocycles. The molecule has 0 unspecified atom stereocenters. The molecule has 0 radical (unpaired) electrons. The standard InChI is InChI=1S/C27H27N3O4/c1-32-21-11-9-19(10-12-21)15-16-28-27(31)24-18-30(20-7-5-4-6-8-20)29-26(24)23-14-13-22(33-2)17-25(23)34-3/h4-14,17-18H,15-16H2,1-3H3,(H,28,31). The fraction of sp³-hybridized carbons (Fsp3) is 0.185. The number of carbonyl (C=O) groups is 1. The molecule has 1 amide bonds. The molecule has 7 nitrogen and oxygen atoms in total. The Kier molecular flexibility index (Phi) is 7.13. The normalized spacial score (nSPS) is 10.6. The molecule has 0 aliphatic carbocycles. The lowest BCUT2D eigenvalue weighted by atomic mass is 10.1. The summed E-state index contributed by atoms with van der Waals surface area (Å²) in [6, 6.07) is 22.9. The number of hydrogen-bond acceptors (Lipinski definition) is 5. The lowest BCUT2D eigenvalue weighted by molar-refractivity contribution is 0.0954. The number of rotatable bonds is 9. The molecule has 7 heteroatoms. The molecule has 0 saturated heterocycles. The first kappa shape index (κ1) is 22.9. The number of carbonyl (C=O) groups excluding carboxylic acids is 1. The van der Waals surface area contributed by atoms with E-state index >= 15 is 0 Å². The first-order chi connectivity index (χ1) is 16.6. The number of nitrogens with one attached hydrogen (secondary N) is 1. The first-order valence-corrected chi connectivity index (χ1v) is 10.9. The molecular weight excluding hydrogens is 430 g/mol. The Labute approximate surface area is 198 Å². The van der Waals surface area contributed by atoms with Gasteiger partial charge in [-0.3, -0.25) is 4.79 Å². The van der Waals surface area contributed by atoms with Crippen molar-refractivity contribution in [1.82, 2.24) is 15.1 Å². The van der Waals surface area contributed by atoms with Gasteiger partial charge < -0.3 is 19.5 Å². The maximum Gasteiger partial charge on any atom is 0.255 e. The second-order valence-corrected chi connectivity index (χ2v) is 7.59. The van der Waals surface area contributed by atoms with Crippen molar-refractivity contribution in [2.45, 2.75) is 6.42 Å². The summed E-state index contributed by atoms with van der Waals surface area (Å²) in [5.41, 5.74) is 3.66. The van der Waals surface area contributed by atoms with Crippen molar-refractivity contribution in [3.63, 3.8) is 0 Å². The van der Waals surface area contributed by atoms with E-state index in [1.54, 1.807) is 38.3 Å². The molecule has 4 aromatic rings. The number of para-hydroxylation sites is 1. The summed E-state index contributed by atoms with van der Waals surface area (Å²) in [5.74, 6) is 1.83. The van der Waals surface area contributed by atoms with Crippen LogP contribution in [0, 0.1) is 0 Å². The Morgan fingerprint density at radius 3 is 2.26 bits per heavy atom. The van der Waals surface area contributed by atoms with Crippen LogP contribution in [0.1, 0.15) is 15.9 Å². The largest absolute Gasteiger partial charge is 0.497 e. The van der Waals surface area contributed by atoms with Crippen LogP contribution in [0.5, 0.6) is 17.2 Å². The molecule has 174 valence electrons. The van der Waals surface area contributed by atoms with E-state index in [2.05, 4.69) is 5.32 Å². The fourth-order valence-corrected chi connectivity index (χ4v) is 3.65. The third-order valence-electron chi connectivity index (χ3n) is 5.50. The molecule has 0 spiro atoms. The summed E-state index contributed by atoms with van der Waals surface area (Å²) in [4.78, 5) is 13.2. The Balaban J connectivity index is 1.62. The van der Waals surface area contributed by atoms with Gasteiger partial charge in [-0.05, 0) is 48.4 Å². The minimum atomic E-state index is -0.205. The lowest BCUT2D eigenvalue weighted by Gasteiger charge is -2.10. The Morgan fingerprint density at radius 2 is 1.59 bits per heavy atom. The van der Waals surface area contributed by atoms with E-state index in [-0.39, 0.29) is 5.91 Å². The van der Waals surface area contributed by atoms with E-state index in [0.717, 1.165) is 17.0 Å². The van der Waals surface area contributed by atoms with Crippen LogP contribution in [0.3, 0.4) is 0 Å². The molecule has 0 bridgehead atoms. The summed E-state index contributed by atoms with van der Waals surface area (Å²) in [5, 5.41) is 7.76. The number of amides is 1. The second-order valence-electron chi connectivity index (χ2n) is 7.59. The van der Waals surface area contributed by atoms with Crippen molar-refractivity contribution in [3.05, 3.63) is 90.1 Å². The Morgan fingerprint density at radius 1 is 0.882 bits per heavy atom. The summed E-state index contributed by atoms with van der Waals surface area (Å²) in [6.07, 6.45) is 2.45. The molecular formula is C27H27N3O4. The van der Waals surface area contributed by atoms with Gasteiger partial charge in [0.1, 0.15) is 22.9 Å². The third-order valence-corrected chi connectivity index (χ3v) is 5.50. The number of benzene rings is 3. The number of aromatic nitrogens is 2. The van der Waals surface area contributed by atoms with Gasteiger partial charge in [0.05, 0.1) is 32.6 Å². The zero-order valence-corrected chi connectivity index (χ0v) is 19.4. The van der Waals surface area contributed by atoms with Crippen LogP contribution in [0.2, 0.25) is 0 Å². The van der Waals surface area contributed by atoms with Gasteiger partial charge in [0, 0.05) is 24.4 Å². The summed E-state index contributed by atoms with van der Waals surface area (Å²) < 4.78 is 17.8. The molecule has 4 rings (SSSR count). The van der Waals surface area contributed by atoms with Gasteiger partial charge >= 0.3 is 0 Å². The van der Waals surface area contributed by atoms with Gasteiger partial charge in [0.25, 0.3) is 5.91 Å². The van der Waals surface area contributed by atoms with Crippen LogP contribution in [0.15, 0.2) is 79.0 Å². The summed E-state index contributed by atoms with van der Waals surface area (Å²) in [7, 11) is 4.82. The van der Waals surface area contributed by atoms with E-state index in [9.17, 15) is 4.79 Å². The monoisotopic (exact) mass is 457 g/mol. The van der Waals surface area contributed by atoms with Crippen molar-refractivity contribution in [2.75, 3.05) is 27.9 Å². The Bertz CT molecular complexity index is 1250. The molecule has 1 N–H and O–H groups in total. The molecule has 34 heavy (non-hydrogen) atoms. The van der Waals surface area contributed by atoms with Gasteiger partial charge in [-0.15, -0.1) is 0 Å². The van der Waals surface area contributed by atoms with Crippen LogP contribution in [-0.2, 0) is 6.42 Å². The number of hydrogen-bond donors (Lipinski definition) is 1. The predicted molar refractivity (Wildman–Crippen MR) is 131 cm³/mol. The van der Waals surface area contributed by atoms with Gasteiger partial charge in [-0.2, -0.15) is 5.10 Å². The maximum atomic E-state index is 13.2. The smallest absolute Gasteiger partial charge is 0.255 e. The average molecular weight is 458 g/mol. The highest BCUT2D eigenvalue weighted by Gasteiger charge is 2.21. The van der Waals surface area contributed by atoms with Crippen LogP contribution >= 0.6 is 0 Å². The first-order valence-electron chi connectivity index (χ1n) is 10.9. The Hall–Kier alpha value is -4.26. The molecule has 0 fully saturated rings. The predicted octanol–water partition coefficient (Wildman–Crippen LogP) is 4.54. The SMILES string of the molecule is COc1ccc(CCNC(=O)c2cn(-c3ccccc3)nc2-c2ccc(OC)cc2OC)cc1. The van der Waals surface area contributed by atoms with Gasteiger partial charge in [-0.1, -0.05) is 30.3 Å². The topological polar surface area (TPSA) is 74.6 Å². The molecule has 3 aromatic carbocycles. The van der Waals surface area contributed by atoms with Gasteiger partial charge in [-0.25, -0.2) is 4.68 Å².